The third kappa shape index (κ3) is 1.08. The van der Waals surface area contributed by atoms with E-state index in [1.54, 1.807) is 6.07 Å². The van der Waals surface area contributed by atoms with Crippen molar-refractivity contribution in [2.45, 2.75) is 18.4 Å². The summed E-state index contributed by atoms with van der Waals surface area (Å²) in [7, 11) is 0. The minimum absolute atomic E-state index is 0.138. The monoisotopic (exact) mass is 183 g/mol. The van der Waals surface area contributed by atoms with E-state index in [-0.39, 0.29) is 11.3 Å². The highest BCUT2D eigenvalue weighted by atomic mass is 35.5. The van der Waals surface area contributed by atoms with Gasteiger partial charge in [-0.2, -0.15) is 0 Å². The molecule has 12 heavy (non-hydrogen) atoms. The molecule has 3 heteroatoms. The number of phenols is 1. The molecule has 1 saturated carbocycles. The second kappa shape index (κ2) is 2.38. The van der Waals surface area contributed by atoms with Gasteiger partial charge in [-0.15, -0.1) is 0 Å². The summed E-state index contributed by atoms with van der Waals surface area (Å²) < 4.78 is 0. The molecule has 3 N–H and O–H groups in total. The van der Waals surface area contributed by atoms with E-state index in [1.165, 1.54) is 0 Å². The zero-order chi connectivity index (χ0) is 8.77. The zero-order valence-electron chi connectivity index (χ0n) is 6.55. The minimum Gasteiger partial charge on any atom is -0.506 e. The van der Waals surface area contributed by atoms with Crippen LogP contribution in [0.2, 0.25) is 5.02 Å². The molecule has 1 aliphatic carbocycles. The van der Waals surface area contributed by atoms with Crippen molar-refractivity contribution in [3.8, 4) is 5.75 Å². The Balaban J connectivity index is 2.51. The molecule has 0 spiro atoms. The highest BCUT2D eigenvalue weighted by Crippen LogP contribution is 2.47. The summed E-state index contributed by atoms with van der Waals surface area (Å²) in [5.41, 5.74) is 6.38. The van der Waals surface area contributed by atoms with Gasteiger partial charge in [0.2, 0.25) is 0 Å². The predicted molar refractivity (Wildman–Crippen MR) is 48.2 cm³/mol. The van der Waals surface area contributed by atoms with Gasteiger partial charge in [-0.3, -0.25) is 0 Å². The lowest BCUT2D eigenvalue weighted by atomic mass is 10.1. The van der Waals surface area contributed by atoms with E-state index in [4.69, 9.17) is 17.3 Å². The van der Waals surface area contributed by atoms with Gasteiger partial charge in [0.1, 0.15) is 5.75 Å². The Labute approximate surface area is 76.0 Å². The van der Waals surface area contributed by atoms with Gasteiger partial charge >= 0.3 is 0 Å². The number of nitrogens with two attached hydrogens (primary N) is 1. The standard InChI is InChI=1S/C9H10ClNO/c10-7-3-1-2-6(8(7)12)9(11)4-5-9/h1-3,12H,4-5,11H2. The Morgan fingerprint density at radius 2 is 2.08 bits per heavy atom. The molecule has 0 aliphatic heterocycles. The molecule has 0 bridgehead atoms. The molecular formula is C9H10ClNO. The van der Waals surface area contributed by atoms with Gasteiger partial charge in [-0.1, -0.05) is 23.7 Å². The smallest absolute Gasteiger partial charge is 0.139 e. The first-order valence-electron chi connectivity index (χ1n) is 3.90. The van der Waals surface area contributed by atoms with E-state index in [0.717, 1.165) is 18.4 Å². The van der Waals surface area contributed by atoms with Crippen molar-refractivity contribution in [2.24, 2.45) is 5.73 Å². The van der Waals surface area contributed by atoms with Crippen molar-refractivity contribution in [1.29, 1.82) is 0 Å². The van der Waals surface area contributed by atoms with Gasteiger partial charge in [0.25, 0.3) is 0 Å². The summed E-state index contributed by atoms with van der Waals surface area (Å²) in [6.45, 7) is 0. The highest BCUT2D eigenvalue weighted by molar-refractivity contribution is 6.32. The number of rotatable bonds is 1. The lowest BCUT2D eigenvalue weighted by molar-refractivity contribution is 0.460. The van der Waals surface area contributed by atoms with Crippen LogP contribution in [-0.2, 0) is 5.54 Å². The van der Waals surface area contributed by atoms with Crippen LogP contribution in [0.5, 0.6) is 5.75 Å². The van der Waals surface area contributed by atoms with Gasteiger partial charge in [0.15, 0.2) is 0 Å². The van der Waals surface area contributed by atoms with E-state index in [2.05, 4.69) is 0 Å². The first-order valence-corrected chi connectivity index (χ1v) is 4.28. The third-order valence-electron chi connectivity index (χ3n) is 2.31. The van der Waals surface area contributed by atoms with Gasteiger partial charge in [-0.25, -0.2) is 0 Å². The fourth-order valence-electron chi connectivity index (χ4n) is 1.32. The number of halogens is 1. The number of phenolic OH excluding ortho intramolecular Hbond substituents is 1. The number of hydrogen-bond acceptors (Lipinski definition) is 2. The summed E-state index contributed by atoms with van der Waals surface area (Å²) in [6, 6.07) is 5.30. The van der Waals surface area contributed by atoms with Crippen LogP contribution in [0.3, 0.4) is 0 Å². The summed E-state index contributed by atoms with van der Waals surface area (Å²) in [5.74, 6) is 0.138. The van der Waals surface area contributed by atoms with Crippen LogP contribution < -0.4 is 5.73 Å². The van der Waals surface area contributed by atoms with E-state index in [1.807, 2.05) is 12.1 Å². The van der Waals surface area contributed by atoms with Crippen molar-refractivity contribution in [1.82, 2.24) is 0 Å². The maximum absolute atomic E-state index is 9.56. The maximum atomic E-state index is 9.56. The quantitative estimate of drug-likeness (QED) is 0.700. The van der Waals surface area contributed by atoms with Gasteiger partial charge < -0.3 is 10.8 Å². The van der Waals surface area contributed by atoms with E-state index in [9.17, 15) is 5.11 Å². The van der Waals surface area contributed by atoms with E-state index >= 15 is 0 Å². The van der Waals surface area contributed by atoms with Gasteiger partial charge in [0, 0.05) is 11.1 Å². The average Bonchev–Trinajstić information content (AvgIpc) is 2.75. The molecule has 0 aromatic heterocycles. The van der Waals surface area contributed by atoms with E-state index < -0.39 is 0 Å². The molecule has 0 saturated heterocycles. The molecule has 1 aromatic rings. The molecule has 64 valence electrons. The summed E-state index contributed by atoms with van der Waals surface area (Å²) in [4.78, 5) is 0. The SMILES string of the molecule is NC1(c2cccc(Cl)c2O)CC1. The number of para-hydroxylation sites is 1. The Kier molecular flexibility index (Phi) is 1.56. The molecule has 2 rings (SSSR count). The van der Waals surface area contributed by atoms with Gasteiger partial charge in [0.05, 0.1) is 5.02 Å². The van der Waals surface area contributed by atoms with Crippen LogP contribution in [0.1, 0.15) is 18.4 Å². The van der Waals surface area contributed by atoms with Gasteiger partial charge in [-0.05, 0) is 18.9 Å². The Morgan fingerprint density at radius 3 is 2.67 bits per heavy atom. The third-order valence-corrected chi connectivity index (χ3v) is 2.62. The van der Waals surface area contributed by atoms with Crippen LogP contribution >= 0.6 is 11.6 Å². The van der Waals surface area contributed by atoms with Crippen molar-refractivity contribution in [3.05, 3.63) is 28.8 Å². The maximum Gasteiger partial charge on any atom is 0.139 e. The predicted octanol–water partition coefficient (Wildman–Crippen LogP) is 1.99. The van der Waals surface area contributed by atoms with Crippen LogP contribution in [0.4, 0.5) is 0 Å². The molecule has 1 aromatic carbocycles. The molecule has 0 amide bonds. The molecule has 1 aliphatic rings. The molecule has 0 unspecified atom stereocenters. The second-order valence-electron chi connectivity index (χ2n) is 3.29. The zero-order valence-corrected chi connectivity index (χ0v) is 7.30. The Hall–Kier alpha value is -0.730. The highest BCUT2D eigenvalue weighted by Gasteiger charge is 2.42. The molecule has 0 heterocycles. The van der Waals surface area contributed by atoms with Crippen molar-refractivity contribution in [3.63, 3.8) is 0 Å². The fourth-order valence-corrected chi connectivity index (χ4v) is 1.50. The van der Waals surface area contributed by atoms with Crippen molar-refractivity contribution in [2.75, 3.05) is 0 Å². The molecular weight excluding hydrogens is 174 g/mol. The van der Waals surface area contributed by atoms with Crippen LogP contribution in [0.15, 0.2) is 18.2 Å². The Morgan fingerprint density at radius 1 is 1.42 bits per heavy atom. The fraction of sp³-hybridized carbons (Fsp3) is 0.333. The van der Waals surface area contributed by atoms with Crippen LogP contribution in [0.25, 0.3) is 0 Å². The minimum atomic E-state index is -0.311. The Bertz CT molecular complexity index is 320. The van der Waals surface area contributed by atoms with Crippen molar-refractivity contribution < 1.29 is 5.11 Å². The molecule has 2 nitrogen and oxygen atoms in total. The summed E-state index contributed by atoms with van der Waals surface area (Å²) in [6.07, 6.45) is 1.86. The topological polar surface area (TPSA) is 46.2 Å². The summed E-state index contributed by atoms with van der Waals surface area (Å²) >= 11 is 5.74. The number of hydrogen-bond donors (Lipinski definition) is 2. The van der Waals surface area contributed by atoms with E-state index in [0.29, 0.717) is 5.02 Å². The first-order chi connectivity index (χ1) is 5.63. The van der Waals surface area contributed by atoms with Crippen LogP contribution in [-0.4, -0.2) is 5.11 Å². The van der Waals surface area contributed by atoms with Crippen molar-refractivity contribution >= 4 is 11.6 Å². The summed E-state index contributed by atoms with van der Waals surface area (Å²) in [5, 5.41) is 9.94. The normalized spacial score (nSPS) is 19.2. The lowest BCUT2D eigenvalue weighted by Gasteiger charge is -2.11. The van der Waals surface area contributed by atoms with Crippen LogP contribution in [0, 0.1) is 0 Å². The average molecular weight is 184 g/mol. The second-order valence-corrected chi connectivity index (χ2v) is 3.70. The molecule has 1 fully saturated rings. The molecule has 0 atom stereocenters. The largest absolute Gasteiger partial charge is 0.506 e. The lowest BCUT2D eigenvalue weighted by Crippen LogP contribution is -2.18. The number of aromatic hydroxyl groups is 1. The first kappa shape index (κ1) is 7.90. The number of benzene rings is 1. The molecule has 0 radical (unpaired) electrons.